The van der Waals surface area contributed by atoms with Crippen molar-refractivity contribution in [3.05, 3.63) is 53.1 Å². The molecule has 2 aromatic rings. The van der Waals surface area contributed by atoms with E-state index in [-0.39, 0.29) is 15.5 Å². The summed E-state index contributed by atoms with van der Waals surface area (Å²) in [5, 5.41) is 8.85. The second-order valence-corrected chi connectivity index (χ2v) is 6.07. The maximum atomic E-state index is 12.2. The van der Waals surface area contributed by atoms with E-state index in [9.17, 15) is 8.42 Å². The summed E-state index contributed by atoms with van der Waals surface area (Å²) in [6.07, 6.45) is 0. The Bertz CT molecular complexity index is 780. The highest BCUT2D eigenvalue weighted by Gasteiger charge is 2.15. The Morgan fingerprint density at radius 1 is 1.15 bits per heavy atom. The van der Waals surface area contributed by atoms with Crippen LogP contribution in [0.1, 0.15) is 5.56 Å². The van der Waals surface area contributed by atoms with E-state index in [1.165, 1.54) is 18.2 Å². The Kier molecular flexibility index (Phi) is 3.84. The highest BCUT2D eigenvalue weighted by atomic mass is 35.5. The van der Waals surface area contributed by atoms with Gasteiger partial charge in [0.25, 0.3) is 10.0 Å². The SMILES string of the molecule is N#Cc1ccc(S(=O)(=O)Nc2ccc(N)cc2)cc1Cl. The van der Waals surface area contributed by atoms with Crippen LogP contribution in [0.4, 0.5) is 11.4 Å². The Balaban J connectivity index is 2.33. The Morgan fingerprint density at radius 2 is 1.80 bits per heavy atom. The molecule has 0 aliphatic heterocycles. The first-order valence-corrected chi connectivity index (χ1v) is 7.36. The van der Waals surface area contributed by atoms with Gasteiger partial charge in [0.2, 0.25) is 0 Å². The van der Waals surface area contributed by atoms with Crippen molar-refractivity contribution in [2.24, 2.45) is 0 Å². The number of benzene rings is 2. The van der Waals surface area contributed by atoms with E-state index in [2.05, 4.69) is 4.72 Å². The number of hydrogen-bond donors (Lipinski definition) is 2. The Labute approximate surface area is 121 Å². The summed E-state index contributed by atoms with van der Waals surface area (Å²) in [5.41, 5.74) is 6.67. The predicted molar refractivity (Wildman–Crippen MR) is 77.8 cm³/mol. The third-order valence-electron chi connectivity index (χ3n) is 2.53. The highest BCUT2D eigenvalue weighted by molar-refractivity contribution is 7.92. The standard InChI is InChI=1S/C13H10ClN3O2S/c14-13-7-12(6-1-9(13)8-15)20(18,19)17-11-4-2-10(16)3-5-11/h1-7,17H,16H2. The zero-order chi connectivity index (χ0) is 14.8. The number of nitrogen functional groups attached to an aromatic ring is 1. The van der Waals surface area contributed by atoms with Crippen LogP contribution >= 0.6 is 11.6 Å². The fourth-order valence-electron chi connectivity index (χ4n) is 1.52. The summed E-state index contributed by atoms with van der Waals surface area (Å²) in [6.45, 7) is 0. The van der Waals surface area contributed by atoms with Crippen molar-refractivity contribution < 1.29 is 8.42 Å². The maximum Gasteiger partial charge on any atom is 0.261 e. The van der Waals surface area contributed by atoms with Crippen LogP contribution in [-0.4, -0.2) is 8.42 Å². The van der Waals surface area contributed by atoms with E-state index in [0.29, 0.717) is 11.4 Å². The van der Waals surface area contributed by atoms with Gasteiger partial charge >= 0.3 is 0 Å². The van der Waals surface area contributed by atoms with Crippen molar-refractivity contribution in [3.63, 3.8) is 0 Å². The van der Waals surface area contributed by atoms with Gasteiger partial charge in [-0.3, -0.25) is 4.72 Å². The molecule has 2 aromatic carbocycles. The van der Waals surface area contributed by atoms with Crippen molar-refractivity contribution in [2.75, 3.05) is 10.5 Å². The van der Waals surface area contributed by atoms with Gasteiger partial charge in [0, 0.05) is 11.4 Å². The fourth-order valence-corrected chi connectivity index (χ4v) is 2.89. The lowest BCUT2D eigenvalue weighted by molar-refractivity contribution is 0.601. The van der Waals surface area contributed by atoms with Crippen molar-refractivity contribution in [3.8, 4) is 6.07 Å². The van der Waals surface area contributed by atoms with Crippen LogP contribution in [0.25, 0.3) is 0 Å². The van der Waals surface area contributed by atoms with E-state index in [1.54, 1.807) is 24.3 Å². The molecule has 0 atom stereocenters. The average molecular weight is 308 g/mol. The van der Waals surface area contributed by atoms with Gasteiger partial charge in [-0.2, -0.15) is 5.26 Å². The molecule has 0 saturated heterocycles. The van der Waals surface area contributed by atoms with Gasteiger partial charge in [0.1, 0.15) is 6.07 Å². The van der Waals surface area contributed by atoms with Gasteiger partial charge in [0.15, 0.2) is 0 Å². The molecule has 0 bridgehead atoms. The molecule has 7 heteroatoms. The van der Waals surface area contributed by atoms with Crippen molar-refractivity contribution in [1.29, 1.82) is 5.26 Å². The minimum absolute atomic E-state index is 0.0154. The Morgan fingerprint density at radius 3 is 2.35 bits per heavy atom. The van der Waals surface area contributed by atoms with Crippen molar-refractivity contribution in [1.82, 2.24) is 0 Å². The van der Waals surface area contributed by atoms with Crippen LogP contribution in [0.2, 0.25) is 5.02 Å². The van der Waals surface area contributed by atoms with E-state index < -0.39 is 10.0 Å². The number of nitrogens with one attached hydrogen (secondary N) is 1. The molecular weight excluding hydrogens is 298 g/mol. The second kappa shape index (κ2) is 5.41. The maximum absolute atomic E-state index is 12.2. The van der Waals surface area contributed by atoms with Crippen LogP contribution in [0.5, 0.6) is 0 Å². The molecule has 0 saturated carbocycles. The summed E-state index contributed by atoms with van der Waals surface area (Å²) >= 11 is 5.83. The normalized spacial score (nSPS) is 10.8. The zero-order valence-corrected chi connectivity index (χ0v) is 11.7. The largest absolute Gasteiger partial charge is 0.399 e. The molecule has 0 aromatic heterocycles. The molecule has 0 aliphatic rings. The molecule has 0 radical (unpaired) electrons. The van der Waals surface area contributed by atoms with Crippen LogP contribution < -0.4 is 10.5 Å². The number of hydrogen-bond acceptors (Lipinski definition) is 4. The summed E-state index contributed by atoms with van der Waals surface area (Å²) in [4.78, 5) is -0.0154. The van der Waals surface area contributed by atoms with E-state index in [1.807, 2.05) is 6.07 Å². The van der Waals surface area contributed by atoms with Crippen LogP contribution in [0.3, 0.4) is 0 Å². The molecule has 0 aliphatic carbocycles. The molecule has 0 spiro atoms. The van der Waals surface area contributed by atoms with Crippen molar-refractivity contribution in [2.45, 2.75) is 4.90 Å². The van der Waals surface area contributed by atoms with Crippen molar-refractivity contribution >= 4 is 33.0 Å². The number of nitrogens with zero attached hydrogens (tertiary/aromatic N) is 1. The molecule has 0 amide bonds. The van der Waals surface area contributed by atoms with Crippen LogP contribution in [0.15, 0.2) is 47.4 Å². The molecule has 0 unspecified atom stereocenters. The van der Waals surface area contributed by atoms with Gasteiger partial charge in [-0.25, -0.2) is 8.42 Å². The lowest BCUT2D eigenvalue weighted by Gasteiger charge is -2.09. The molecule has 5 nitrogen and oxygen atoms in total. The smallest absolute Gasteiger partial charge is 0.261 e. The number of halogens is 1. The van der Waals surface area contributed by atoms with E-state index >= 15 is 0 Å². The van der Waals surface area contributed by atoms with Gasteiger partial charge in [0.05, 0.1) is 15.5 Å². The number of nitrogens with two attached hydrogens (primary N) is 1. The van der Waals surface area contributed by atoms with Crippen LogP contribution in [-0.2, 0) is 10.0 Å². The van der Waals surface area contributed by atoms with Gasteiger partial charge < -0.3 is 5.73 Å². The highest BCUT2D eigenvalue weighted by Crippen LogP contribution is 2.22. The second-order valence-electron chi connectivity index (χ2n) is 3.98. The summed E-state index contributed by atoms with van der Waals surface area (Å²) < 4.78 is 26.7. The third-order valence-corrected chi connectivity index (χ3v) is 4.23. The summed E-state index contributed by atoms with van der Waals surface area (Å²) in [7, 11) is -3.76. The van der Waals surface area contributed by atoms with Gasteiger partial charge in [-0.1, -0.05) is 11.6 Å². The average Bonchev–Trinajstić information content (AvgIpc) is 2.41. The fraction of sp³-hybridized carbons (Fsp3) is 0. The lowest BCUT2D eigenvalue weighted by Crippen LogP contribution is -2.13. The van der Waals surface area contributed by atoms with E-state index in [0.717, 1.165) is 0 Å². The molecule has 102 valence electrons. The number of anilines is 2. The van der Waals surface area contributed by atoms with Crippen LogP contribution in [0, 0.1) is 11.3 Å². The lowest BCUT2D eigenvalue weighted by atomic mass is 10.2. The molecule has 0 fully saturated rings. The van der Waals surface area contributed by atoms with E-state index in [4.69, 9.17) is 22.6 Å². The molecular formula is C13H10ClN3O2S. The third kappa shape index (κ3) is 3.02. The molecule has 2 rings (SSSR count). The molecule has 0 heterocycles. The summed E-state index contributed by atoms with van der Waals surface area (Å²) in [5.74, 6) is 0. The van der Waals surface area contributed by atoms with Gasteiger partial charge in [-0.15, -0.1) is 0 Å². The minimum Gasteiger partial charge on any atom is -0.399 e. The number of rotatable bonds is 3. The predicted octanol–water partition coefficient (Wildman–Crippen LogP) is 2.59. The minimum atomic E-state index is -3.76. The first kappa shape index (κ1) is 14.2. The number of sulfonamides is 1. The summed E-state index contributed by atoms with van der Waals surface area (Å²) in [6, 6.07) is 12.1. The molecule has 3 N–H and O–H groups in total. The number of nitriles is 1. The first-order valence-electron chi connectivity index (χ1n) is 5.50. The zero-order valence-electron chi connectivity index (χ0n) is 10.2. The molecule has 20 heavy (non-hydrogen) atoms. The first-order chi connectivity index (χ1) is 9.42. The van der Waals surface area contributed by atoms with Gasteiger partial charge in [-0.05, 0) is 42.5 Å². The Hall–Kier alpha value is -2.23. The monoisotopic (exact) mass is 307 g/mol. The topological polar surface area (TPSA) is 96.0 Å². The quantitative estimate of drug-likeness (QED) is 0.852.